The zero-order chi connectivity index (χ0) is 15.3. The van der Waals surface area contributed by atoms with Crippen molar-refractivity contribution in [2.24, 2.45) is 11.3 Å². The molecule has 1 aromatic carbocycles. The highest BCUT2D eigenvalue weighted by atomic mass is 16.4. The Kier molecular flexibility index (Phi) is 5.04. The molecule has 4 nitrogen and oxygen atoms in total. The van der Waals surface area contributed by atoms with Crippen molar-refractivity contribution in [3.05, 3.63) is 35.4 Å². The fraction of sp³-hybridized carbons (Fsp3) is 0.438. The third-order valence-corrected chi connectivity index (χ3v) is 3.26. The summed E-state index contributed by atoms with van der Waals surface area (Å²) in [4.78, 5) is 23.6. The van der Waals surface area contributed by atoms with Crippen LogP contribution in [0.4, 0.5) is 0 Å². The lowest BCUT2D eigenvalue weighted by molar-refractivity contribution is -0.148. The molecule has 0 heterocycles. The molecule has 4 heteroatoms. The normalized spacial score (nSPS) is 13.6. The summed E-state index contributed by atoms with van der Waals surface area (Å²) in [5.41, 5.74) is -0.135. The lowest BCUT2D eigenvalue weighted by atomic mass is 9.77. The molecule has 20 heavy (non-hydrogen) atoms. The molecule has 0 bridgehead atoms. The summed E-state index contributed by atoms with van der Waals surface area (Å²) in [6.45, 7) is 5.48. The van der Waals surface area contributed by atoms with Crippen LogP contribution in [0.3, 0.4) is 0 Å². The second-order valence-corrected chi connectivity index (χ2v) is 5.75. The summed E-state index contributed by atoms with van der Waals surface area (Å²) in [7, 11) is 0. The number of carboxylic acid groups (broad SMARTS) is 1. The van der Waals surface area contributed by atoms with Gasteiger partial charge in [0.2, 0.25) is 0 Å². The lowest BCUT2D eigenvalue weighted by Gasteiger charge is -2.26. The summed E-state index contributed by atoms with van der Waals surface area (Å²) >= 11 is 0. The van der Waals surface area contributed by atoms with Crippen molar-refractivity contribution in [2.45, 2.75) is 33.6 Å². The van der Waals surface area contributed by atoms with E-state index in [1.807, 2.05) is 19.9 Å². The number of nitriles is 1. The first-order chi connectivity index (χ1) is 9.28. The van der Waals surface area contributed by atoms with Gasteiger partial charge in [0, 0.05) is 12.0 Å². The molecule has 0 aliphatic carbocycles. The molecule has 106 valence electrons. The van der Waals surface area contributed by atoms with Crippen LogP contribution in [0.15, 0.2) is 24.3 Å². The Labute approximate surface area is 119 Å². The number of aliphatic carboxylic acids is 1. The molecule has 0 fully saturated rings. The van der Waals surface area contributed by atoms with Gasteiger partial charge in [0.15, 0.2) is 5.78 Å². The van der Waals surface area contributed by atoms with Crippen molar-refractivity contribution in [3.63, 3.8) is 0 Å². The maximum absolute atomic E-state index is 12.2. The Balaban J connectivity index is 2.91. The van der Waals surface area contributed by atoms with Gasteiger partial charge in [-0.1, -0.05) is 26.0 Å². The topological polar surface area (TPSA) is 78.2 Å². The molecule has 1 atom stereocenters. The number of carbonyl (C=O) groups is 2. The molecule has 0 saturated carbocycles. The average molecular weight is 273 g/mol. The van der Waals surface area contributed by atoms with Gasteiger partial charge in [-0.3, -0.25) is 9.59 Å². The number of Topliss-reactive ketones (excluding diaryl/α,β-unsaturated/α-hetero) is 1. The number of ketones is 1. The van der Waals surface area contributed by atoms with Gasteiger partial charge in [-0.05, 0) is 31.4 Å². The smallest absolute Gasteiger partial charge is 0.309 e. The molecule has 0 radical (unpaired) electrons. The molecular formula is C16H19NO3. The fourth-order valence-corrected chi connectivity index (χ4v) is 2.32. The fourth-order valence-electron chi connectivity index (χ4n) is 2.32. The number of hydrogen-bond acceptors (Lipinski definition) is 3. The van der Waals surface area contributed by atoms with Gasteiger partial charge < -0.3 is 5.11 Å². The highest BCUT2D eigenvalue weighted by molar-refractivity contribution is 5.98. The Hall–Kier alpha value is -2.15. The number of hydrogen-bond donors (Lipinski definition) is 1. The summed E-state index contributed by atoms with van der Waals surface area (Å²) in [5.74, 6) is -0.960. The van der Waals surface area contributed by atoms with Gasteiger partial charge in [-0.25, -0.2) is 0 Å². The van der Waals surface area contributed by atoms with Crippen molar-refractivity contribution in [3.8, 4) is 6.07 Å². The Morgan fingerprint density at radius 1 is 1.30 bits per heavy atom. The highest BCUT2D eigenvalue weighted by Gasteiger charge is 2.36. The lowest BCUT2D eigenvalue weighted by Crippen LogP contribution is -2.32. The number of benzene rings is 1. The quantitative estimate of drug-likeness (QED) is 0.807. The zero-order valence-electron chi connectivity index (χ0n) is 12.0. The van der Waals surface area contributed by atoms with E-state index in [1.165, 1.54) is 0 Å². The molecule has 1 N–H and O–H groups in total. The van der Waals surface area contributed by atoms with Gasteiger partial charge in [0.25, 0.3) is 0 Å². The maximum Gasteiger partial charge on any atom is 0.309 e. The number of carboxylic acids is 1. The second kappa shape index (κ2) is 6.33. The van der Waals surface area contributed by atoms with E-state index >= 15 is 0 Å². The molecule has 0 saturated heterocycles. The Bertz CT molecular complexity index is 540. The van der Waals surface area contributed by atoms with Crippen molar-refractivity contribution in [1.29, 1.82) is 5.26 Å². The molecule has 0 unspecified atom stereocenters. The highest BCUT2D eigenvalue weighted by Crippen LogP contribution is 2.31. The molecule has 1 rings (SSSR count). The maximum atomic E-state index is 12.2. The zero-order valence-corrected chi connectivity index (χ0v) is 12.0. The molecule has 1 aromatic rings. The number of carbonyl (C=O) groups excluding carboxylic acids is 1. The van der Waals surface area contributed by atoms with Crippen LogP contribution in [0.2, 0.25) is 0 Å². The standard InChI is InChI=1S/C16H19NO3/c1-11(2)8-16(3,15(19)20)9-14(18)13-6-4-12(10-17)5-7-13/h4-7,11H,8-9H2,1-3H3,(H,19,20)/t16-/m1/s1. The van der Waals surface area contributed by atoms with Crippen LogP contribution in [0.5, 0.6) is 0 Å². The third-order valence-electron chi connectivity index (χ3n) is 3.26. The van der Waals surface area contributed by atoms with Gasteiger partial charge >= 0.3 is 5.97 Å². The third kappa shape index (κ3) is 3.92. The van der Waals surface area contributed by atoms with E-state index in [0.717, 1.165) is 0 Å². The van der Waals surface area contributed by atoms with E-state index in [1.54, 1.807) is 31.2 Å². The number of nitrogens with zero attached hydrogens (tertiary/aromatic N) is 1. The molecule has 0 amide bonds. The van der Waals surface area contributed by atoms with Crippen LogP contribution < -0.4 is 0 Å². The van der Waals surface area contributed by atoms with E-state index in [9.17, 15) is 14.7 Å². The van der Waals surface area contributed by atoms with Crippen LogP contribution in [-0.4, -0.2) is 16.9 Å². The van der Waals surface area contributed by atoms with Crippen molar-refractivity contribution >= 4 is 11.8 Å². The van der Waals surface area contributed by atoms with Gasteiger partial charge in [-0.15, -0.1) is 0 Å². The van der Waals surface area contributed by atoms with Crippen molar-refractivity contribution in [1.82, 2.24) is 0 Å². The van der Waals surface area contributed by atoms with E-state index in [0.29, 0.717) is 17.5 Å². The first-order valence-corrected chi connectivity index (χ1v) is 6.55. The summed E-state index contributed by atoms with van der Waals surface area (Å²) in [5, 5.41) is 18.1. The predicted molar refractivity (Wildman–Crippen MR) is 75.3 cm³/mol. The minimum atomic E-state index is -1.06. The van der Waals surface area contributed by atoms with E-state index in [4.69, 9.17) is 5.26 Å². The molecule has 0 aliphatic rings. The van der Waals surface area contributed by atoms with E-state index in [2.05, 4.69) is 0 Å². The van der Waals surface area contributed by atoms with Crippen LogP contribution in [0.1, 0.15) is 49.5 Å². The number of rotatable bonds is 6. The summed E-state index contributed by atoms with van der Waals surface area (Å²) in [6, 6.07) is 8.24. The molecule has 0 aliphatic heterocycles. The van der Waals surface area contributed by atoms with Crippen LogP contribution >= 0.6 is 0 Å². The summed E-state index contributed by atoms with van der Waals surface area (Å²) in [6.07, 6.45) is 0.413. The van der Waals surface area contributed by atoms with Crippen LogP contribution in [0.25, 0.3) is 0 Å². The van der Waals surface area contributed by atoms with Crippen molar-refractivity contribution in [2.75, 3.05) is 0 Å². The average Bonchev–Trinajstić information content (AvgIpc) is 2.37. The van der Waals surface area contributed by atoms with Crippen LogP contribution in [0, 0.1) is 22.7 Å². The van der Waals surface area contributed by atoms with Gasteiger partial charge in [0.1, 0.15) is 0 Å². The van der Waals surface area contributed by atoms with Crippen molar-refractivity contribution < 1.29 is 14.7 Å². The predicted octanol–water partition coefficient (Wildman–Crippen LogP) is 3.27. The van der Waals surface area contributed by atoms with E-state index in [-0.39, 0.29) is 18.1 Å². The van der Waals surface area contributed by atoms with E-state index < -0.39 is 11.4 Å². The monoisotopic (exact) mass is 273 g/mol. The molecule has 0 aromatic heterocycles. The minimum absolute atomic E-state index is 0.0353. The summed E-state index contributed by atoms with van der Waals surface area (Å²) < 4.78 is 0. The van der Waals surface area contributed by atoms with Gasteiger partial charge in [0.05, 0.1) is 17.0 Å². The largest absolute Gasteiger partial charge is 0.481 e. The second-order valence-electron chi connectivity index (χ2n) is 5.75. The Morgan fingerprint density at radius 3 is 2.25 bits per heavy atom. The van der Waals surface area contributed by atoms with Gasteiger partial charge in [-0.2, -0.15) is 5.26 Å². The Morgan fingerprint density at radius 2 is 1.85 bits per heavy atom. The first-order valence-electron chi connectivity index (χ1n) is 6.55. The van der Waals surface area contributed by atoms with Crippen LogP contribution in [-0.2, 0) is 4.79 Å². The first kappa shape index (κ1) is 15.9. The SMILES string of the molecule is CC(C)C[C@](C)(CC(=O)c1ccc(C#N)cc1)C(=O)O. The molecular weight excluding hydrogens is 254 g/mol. The molecule has 0 spiro atoms. The minimum Gasteiger partial charge on any atom is -0.481 e.